The Morgan fingerprint density at radius 2 is 1.95 bits per heavy atom. The lowest BCUT2D eigenvalue weighted by molar-refractivity contribution is -0.129. The summed E-state index contributed by atoms with van der Waals surface area (Å²) in [6, 6.07) is 20.0. The zero-order valence-corrected chi connectivity index (χ0v) is 24.6. The fourth-order valence-corrected chi connectivity index (χ4v) is 5.82. The number of fused-ring (bicyclic) bond motifs is 1. The number of likely N-dealkylation sites (tertiary alicyclic amines) is 1. The number of amides is 1. The van der Waals surface area contributed by atoms with E-state index in [4.69, 9.17) is 14.5 Å². The molecule has 2 aromatic heterocycles. The molecular formula is C31H35N5O3Si. The molecule has 1 aliphatic rings. The number of aromatic nitrogens is 3. The molecular weight excluding hydrogens is 518 g/mol. The van der Waals surface area contributed by atoms with Crippen LogP contribution in [0.3, 0.4) is 0 Å². The quantitative estimate of drug-likeness (QED) is 0.168. The van der Waals surface area contributed by atoms with Gasteiger partial charge in [-0.15, -0.1) is 0 Å². The lowest BCUT2D eigenvalue weighted by Crippen LogP contribution is -2.28. The molecule has 40 heavy (non-hydrogen) atoms. The fraction of sp³-hybridized carbons (Fsp3) is 0.355. The van der Waals surface area contributed by atoms with Crippen LogP contribution in [0.25, 0.3) is 22.6 Å². The van der Waals surface area contributed by atoms with Crippen molar-refractivity contribution in [3.05, 3.63) is 71.9 Å². The van der Waals surface area contributed by atoms with Crippen LogP contribution in [-0.4, -0.2) is 46.6 Å². The van der Waals surface area contributed by atoms with E-state index in [-0.39, 0.29) is 11.9 Å². The van der Waals surface area contributed by atoms with Crippen LogP contribution in [0.15, 0.2) is 60.8 Å². The van der Waals surface area contributed by atoms with Gasteiger partial charge in [0.2, 0.25) is 5.91 Å². The highest BCUT2D eigenvalue weighted by Crippen LogP contribution is 2.41. The second-order valence-corrected chi connectivity index (χ2v) is 17.0. The molecule has 1 amide bonds. The van der Waals surface area contributed by atoms with Crippen molar-refractivity contribution in [2.45, 2.75) is 58.2 Å². The molecule has 5 rings (SSSR count). The Kier molecular flexibility index (Phi) is 8.01. The SMILES string of the molecule is CC(=O)N1CCCC1c1cc2c(cc1Oc1ccc(C#N)cc1)nc(-c1ccccn1)n2COCC[Si](C)(C)C. The molecule has 1 atom stereocenters. The van der Waals surface area contributed by atoms with Gasteiger partial charge in [-0.25, -0.2) is 4.98 Å². The summed E-state index contributed by atoms with van der Waals surface area (Å²) in [5.41, 5.74) is 3.92. The van der Waals surface area contributed by atoms with Gasteiger partial charge in [0.15, 0.2) is 5.82 Å². The zero-order chi connectivity index (χ0) is 28.3. The number of pyridine rings is 1. The van der Waals surface area contributed by atoms with Gasteiger partial charge in [0.05, 0.1) is 28.7 Å². The molecule has 3 heterocycles. The molecule has 1 fully saturated rings. The lowest BCUT2D eigenvalue weighted by atomic mass is 10.0. The van der Waals surface area contributed by atoms with Gasteiger partial charge in [0, 0.05) is 46.0 Å². The zero-order valence-electron chi connectivity index (χ0n) is 23.6. The van der Waals surface area contributed by atoms with E-state index in [0.29, 0.717) is 36.9 Å². The third kappa shape index (κ3) is 6.08. The van der Waals surface area contributed by atoms with E-state index < -0.39 is 8.07 Å². The Balaban J connectivity index is 1.62. The first-order chi connectivity index (χ1) is 19.2. The molecule has 0 saturated carbocycles. The summed E-state index contributed by atoms with van der Waals surface area (Å²) < 4.78 is 14.7. The molecule has 2 aromatic carbocycles. The highest BCUT2D eigenvalue weighted by molar-refractivity contribution is 6.76. The van der Waals surface area contributed by atoms with Crippen LogP contribution in [0.2, 0.25) is 25.7 Å². The summed E-state index contributed by atoms with van der Waals surface area (Å²) in [6.45, 7) is 10.4. The summed E-state index contributed by atoms with van der Waals surface area (Å²) in [6.07, 6.45) is 3.54. The number of rotatable bonds is 9. The van der Waals surface area contributed by atoms with E-state index in [9.17, 15) is 10.1 Å². The van der Waals surface area contributed by atoms with Gasteiger partial charge in [0.1, 0.15) is 23.9 Å². The van der Waals surface area contributed by atoms with Gasteiger partial charge in [-0.05, 0) is 61.4 Å². The first-order valence-electron chi connectivity index (χ1n) is 13.7. The maximum Gasteiger partial charge on any atom is 0.219 e. The van der Waals surface area contributed by atoms with Crippen LogP contribution in [0.5, 0.6) is 11.5 Å². The van der Waals surface area contributed by atoms with Gasteiger partial charge in [-0.3, -0.25) is 14.3 Å². The van der Waals surface area contributed by atoms with Crippen molar-refractivity contribution in [1.29, 1.82) is 5.26 Å². The maximum atomic E-state index is 12.6. The number of ether oxygens (including phenoxy) is 2. The van der Waals surface area contributed by atoms with Gasteiger partial charge < -0.3 is 14.4 Å². The van der Waals surface area contributed by atoms with E-state index in [0.717, 1.165) is 47.0 Å². The Bertz CT molecular complexity index is 1540. The summed E-state index contributed by atoms with van der Waals surface area (Å²) in [5, 5.41) is 9.19. The summed E-state index contributed by atoms with van der Waals surface area (Å²) in [4.78, 5) is 24.0. The number of hydrogen-bond acceptors (Lipinski definition) is 6. The molecule has 0 spiro atoms. The van der Waals surface area contributed by atoms with Crippen molar-refractivity contribution < 1.29 is 14.3 Å². The third-order valence-electron chi connectivity index (χ3n) is 7.22. The van der Waals surface area contributed by atoms with E-state index >= 15 is 0 Å². The van der Waals surface area contributed by atoms with Crippen LogP contribution < -0.4 is 4.74 Å². The highest BCUT2D eigenvalue weighted by Gasteiger charge is 2.31. The number of nitriles is 1. The number of benzene rings is 2. The number of imidazole rings is 1. The molecule has 0 aliphatic carbocycles. The normalized spacial score (nSPS) is 15.4. The maximum absolute atomic E-state index is 12.6. The molecule has 0 N–H and O–H groups in total. The Hall–Kier alpha value is -4.00. The predicted octanol–water partition coefficient (Wildman–Crippen LogP) is 6.76. The van der Waals surface area contributed by atoms with E-state index in [1.54, 1.807) is 37.4 Å². The molecule has 1 unspecified atom stereocenters. The standard InChI is InChI=1S/C31H35N5O3Si/c1-22(37)35-15-7-9-28(35)25-18-29-27(19-30(25)39-24-12-10-23(20-32)11-13-24)34-31(26-8-5-6-14-33-26)36(29)21-38-16-17-40(2,3)4/h5-6,8,10-14,18-19,28H,7,9,15-17,21H2,1-4H3. The second kappa shape index (κ2) is 11.6. The van der Waals surface area contributed by atoms with Crippen molar-refractivity contribution in [2.24, 2.45) is 0 Å². The molecule has 9 heteroatoms. The van der Waals surface area contributed by atoms with Gasteiger partial charge in [-0.2, -0.15) is 5.26 Å². The van der Waals surface area contributed by atoms with Gasteiger partial charge in [0.25, 0.3) is 0 Å². The molecule has 206 valence electrons. The molecule has 8 nitrogen and oxygen atoms in total. The average molecular weight is 554 g/mol. The van der Waals surface area contributed by atoms with Gasteiger partial charge in [-0.1, -0.05) is 25.7 Å². The first-order valence-corrected chi connectivity index (χ1v) is 17.4. The van der Waals surface area contributed by atoms with Crippen LogP contribution in [0.1, 0.15) is 36.9 Å². The smallest absolute Gasteiger partial charge is 0.219 e. The van der Waals surface area contributed by atoms with Crippen molar-refractivity contribution in [2.75, 3.05) is 13.2 Å². The third-order valence-corrected chi connectivity index (χ3v) is 8.92. The Labute approximate surface area is 236 Å². The van der Waals surface area contributed by atoms with Crippen molar-refractivity contribution in [1.82, 2.24) is 19.4 Å². The lowest BCUT2D eigenvalue weighted by Gasteiger charge is -2.26. The predicted molar refractivity (Wildman–Crippen MR) is 158 cm³/mol. The summed E-state index contributed by atoms with van der Waals surface area (Å²) in [5.74, 6) is 2.03. The Morgan fingerprint density at radius 1 is 1.15 bits per heavy atom. The van der Waals surface area contributed by atoms with Crippen molar-refractivity contribution in [3.63, 3.8) is 0 Å². The minimum Gasteiger partial charge on any atom is -0.457 e. The van der Waals surface area contributed by atoms with E-state index in [1.807, 2.05) is 29.2 Å². The minimum absolute atomic E-state index is 0.0456. The van der Waals surface area contributed by atoms with Crippen LogP contribution in [0.4, 0.5) is 0 Å². The second-order valence-electron chi connectivity index (χ2n) is 11.4. The minimum atomic E-state index is -1.24. The van der Waals surface area contributed by atoms with E-state index in [1.165, 1.54) is 0 Å². The van der Waals surface area contributed by atoms with Crippen molar-refractivity contribution >= 4 is 25.0 Å². The largest absolute Gasteiger partial charge is 0.457 e. The number of nitrogens with zero attached hydrogens (tertiary/aromatic N) is 5. The summed E-state index contributed by atoms with van der Waals surface area (Å²) >= 11 is 0. The molecule has 4 aromatic rings. The van der Waals surface area contributed by atoms with Crippen LogP contribution in [0, 0.1) is 11.3 Å². The molecule has 0 bridgehead atoms. The van der Waals surface area contributed by atoms with E-state index in [2.05, 4.69) is 41.3 Å². The van der Waals surface area contributed by atoms with Gasteiger partial charge >= 0.3 is 0 Å². The number of carbonyl (C=O) groups is 1. The molecule has 0 radical (unpaired) electrons. The monoisotopic (exact) mass is 553 g/mol. The topological polar surface area (TPSA) is 93.3 Å². The molecule has 1 aliphatic heterocycles. The van der Waals surface area contributed by atoms with Crippen molar-refractivity contribution in [3.8, 4) is 29.1 Å². The summed E-state index contributed by atoms with van der Waals surface area (Å²) in [7, 11) is -1.24. The van der Waals surface area contributed by atoms with Crippen LogP contribution in [-0.2, 0) is 16.3 Å². The average Bonchev–Trinajstić information content (AvgIpc) is 3.56. The first kappa shape index (κ1) is 27.6. The number of carbonyl (C=O) groups excluding carboxylic acids is 1. The highest BCUT2D eigenvalue weighted by atomic mass is 28.3. The molecule has 1 saturated heterocycles. The fourth-order valence-electron chi connectivity index (χ4n) is 5.06. The Morgan fingerprint density at radius 3 is 2.62 bits per heavy atom. The number of hydrogen-bond donors (Lipinski definition) is 0. The van der Waals surface area contributed by atoms with Crippen LogP contribution >= 0.6 is 0 Å².